The van der Waals surface area contributed by atoms with Crippen molar-refractivity contribution >= 4 is 17.2 Å². The zero-order valence-electron chi connectivity index (χ0n) is 20.3. The van der Waals surface area contributed by atoms with Gasteiger partial charge in [-0.05, 0) is 92.9 Å². The third-order valence-electron chi connectivity index (χ3n) is 7.00. The van der Waals surface area contributed by atoms with Crippen LogP contribution in [-0.2, 0) is 0 Å². The summed E-state index contributed by atoms with van der Waals surface area (Å²) in [4.78, 5) is 6.87. The van der Waals surface area contributed by atoms with Crippen LogP contribution < -0.4 is 9.47 Å². The molecule has 1 unspecified atom stereocenters. The SMILES string of the molecule is C=Cc1ccc2c(c1)C(C)=C(c1ccc(F)cn1)C(c1ccc(OC[C@H](C)N3CCCC3)cc1)O2. The van der Waals surface area contributed by atoms with Crippen molar-refractivity contribution in [2.75, 3.05) is 19.7 Å². The minimum Gasteiger partial charge on any atom is -0.492 e. The molecule has 0 saturated carbocycles. The molecule has 180 valence electrons. The lowest BCUT2D eigenvalue weighted by Gasteiger charge is -2.31. The second kappa shape index (κ2) is 10.0. The first-order valence-electron chi connectivity index (χ1n) is 12.3. The van der Waals surface area contributed by atoms with Crippen molar-refractivity contribution < 1.29 is 13.9 Å². The van der Waals surface area contributed by atoms with Crippen molar-refractivity contribution in [2.24, 2.45) is 0 Å². The second-order valence-electron chi connectivity index (χ2n) is 9.33. The molecule has 2 aromatic carbocycles. The summed E-state index contributed by atoms with van der Waals surface area (Å²) in [5.41, 5.74) is 5.68. The van der Waals surface area contributed by atoms with Crippen LogP contribution >= 0.6 is 0 Å². The molecule has 4 nitrogen and oxygen atoms in total. The molecule has 1 saturated heterocycles. The number of allylic oxidation sites excluding steroid dienone is 1. The Morgan fingerprint density at radius 1 is 1.14 bits per heavy atom. The second-order valence-corrected chi connectivity index (χ2v) is 9.33. The fourth-order valence-electron chi connectivity index (χ4n) is 4.94. The summed E-state index contributed by atoms with van der Waals surface area (Å²) in [5.74, 6) is 1.29. The first-order chi connectivity index (χ1) is 17.0. The molecule has 2 aliphatic rings. The van der Waals surface area contributed by atoms with Gasteiger partial charge in [-0.3, -0.25) is 9.88 Å². The minimum atomic E-state index is -0.368. The number of nitrogens with zero attached hydrogens (tertiary/aromatic N) is 2. The highest BCUT2D eigenvalue weighted by molar-refractivity contribution is 5.95. The molecular formula is C30H31FN2O2. The fourth-order valence-corrected chi connectivity index (χ4v) is 4.94. The molecule has 3 aromatic rings. The van der Waals surface area contributed by atoms with Gasteiger partial charge in [0.25, 0.3) is 0 Å². The highest BCUT2D eigenvalue weighted by Gasteiger charge is 2.30. The molecule has 0 bridgehead atoms. The number of fused-ring (bicyclic) bond motifs is 1. The van der Waals surface area contributed by atoms with E-state index in [1.807, 2.05) is 42.5 Å². The van der Waals surface area contributed by atoms with Gasteiger partial charge in [0, 0.05) is 17.2 Å². The molecule has 3 heterocycles. The molecule has 1 fully saturated rings. The maximum Gasteiger partial charge on any atom is 0.151 e. The lowest BCUT2D eigenvalue weighted by Crippen LogP contribution is -2.34. The summed E-state index contributed by atoms with van der Waals surface area (Å²) < 4.78 is 26.3. The molecule has 0 radical (unpaired) electrons. The van der Waals surface area contributed by atoms with Crippen molar-refractivity contribution in [3.63, 3.8) is 0 Å². The number of hydrogen-bond donors (Lipinski definition) is 0. The normalized spacial score (nSPS) is 18.7. The van der Waals surface area contributed by atoms with E-state index in [4.69, 9.17) is 9.47 Å². The van der Waals surface area contributed by atoms with Crippen LogP contribution in [-0.4, -0.2) is 35.6 Å². The Labute approximate surface area is 206 Å². The van der Waals surface area contributed by atoms with Gasteiger partial charge in [-0.15, -0.1) is 0 Å². The Bertz CT molecular complexity index is 1230. The van der Waals surface area contributed by atoms with E-state index < -0.39 is 0 Å². The van der Waals surface area contributed by atoms with Gasteiger partial charge < -0.3 is 9.47 Å². The van der Waals surface area contributed by atoms with E-state index in [1.165, 1.54) is 25.1 Å². The van der Waals surface area contributed by atoms with Crippen LogP contribution in [0, 0.1) is 5.82 Å². The van der Waals surface area contributed by atoms with Crippen molar-refractivity contribution in [3.8, 4) is 11.5 Å². The molecule has 0 spiro atoms. The third-order valence-corrected chi connectivity index (χ3v) is 7.00. The molecule has 1 aromatic heterocycles. The van der Waals surface area contributed by atoms with Gasteiger partial charge in [-0.1, -0.05) is 30.9 Å². The summed E-state index contributed by atoms with van der Waals surface area (Å²) in [6.45, 7) is 11.2. The maximum absolute atomic E-state index is 13.6. The first-order valence-corrected chi connectivity index (χ1v) is 12.3. The van der Waals surface area contributed by atoms with Gasteiger partial charge in [0.1, 0.15) is 23.9 Å². The smallest absolute Gasteiger partial charge is 0.151 e. The van der Waals surface area contributed by atoms with Crippen molar-refractivity contribution in [2.45, 2.75) is 38.8 Å². The molecule has 5 heteroatoms. The van der Waals surface area contributed by atoms with Crippen molar-refractivity contribution in [3.05, 3.63) is 95.6 Å². The number of rotatable bonds is 7. The van der Waals surface area contributed by atoms with E-state index in [2.05, 4.69) is 36.4 Å². The van der Waals surface area contributed by atoms with Gasteiger partial charge >= 0.3 is 0 Å². The number of aromatic nitrogens is 1. The number of ether oxygens (including phenoxy) is 2. The summed E-state index contributed by atoms with van der Waals surface area (Å²) >= 11 is 0. The fraction of sp³-hybridized carbons (Fsp3) is 0.300. The van der Waals surface area contributed by atoms with E-state index in [9.17, 15) is 4.39 Å². The molecule has 0 aliphatic carbocycles. The summed E-state index contributed by atoms with van der Waals surface area (Å²) in [5, 5.41) is 0. The first kappa shape index (κ1) is 23.3. The number of halogens is 1. The Balaban J connectivity index is 1.44. The zero-order chi connectivity index (χ0) is 24.4. The van der Waals surface area contributed by atoms with Gasteiger partial charge in [0.05, 0.1) is 11.9 Å². The van der Waals surface area contributed by atoms with Crippen LogP contribution in [0.3, 0.4) is 0 Å². The lowest BCUT2D eigenvalue weighted by molar-refractivity contribution is 0.172. The number of likely N-dealkylation sites (tertiary alicyclic amines) is 1. The quantitative estimate of drug-likeness (QED) is 0.381. The highest BCUT2D eigenvalue weighted by atomic mass is 19.1. The predicted molar refractivity (Wildman–Crippen MR) is 139 cm³/mol. The summed E-state index contributed by atoms with van der Waals surface area (Å²) in [6, 6.07) is 17.7. The molecule has 0 amide bonds. The van der Waals surface area contributed by atoms with Crippen LogP contribution in [0.4, 0.5) is 4.39 Å². The standard InChI is InChI=1S/C30H31FN2O2/c1-4-22-7-14-28-26(17-22)21(3)29(27-13-10-24(31)18-32-27)30(35-28)23-8-11-25(12-9-23)34-19-20(2)33-15-5-6-16-33/h4,7-14,17-18,20,30H,1,5-6,15-16,19H2,2-3H3/t20-,30?/m0/s1. The van der Waals surface area contributed by atoms with Gasteiger partial charge in [-0.2, -0.15) is 0 Å². The molecule has 2 aliphatic heterocycles. The van der Waals surface area contributed by atoms with E-state index >= 15 is 0 Å². The van der Waals surface area contributed by atoms with Crippen LogP contribution in [0.15, 0.2) is 67.4 Å². The van der Waals surface area contributed by atoms with Crippen LogP contribution in [0.5, 0.6) is 11.5 Å². The van der Waals surface area contributed by atoms with Crippen LogP contribution in [0.2, 0.25) is 0 Å². The van der Waals surface area contributed by atoms with Gasteiger partial charge in [0.2, 0.25) is 0 Å². The largest absolute Gasteiger partial charge is 0.492 e. The monoisotopic (exact) mass is 470 g/mol. The predicted octanol–water partition coefficient (Wildman–Crippen LogP) is 6.79. The molecular weight excluding hydrogens is 439 g/mol. The van der Waals surface area contributed by atoms with Crippen LogP contribution in [0.25, 0.3) is 17.2 Å². The molecule has 35 heavy (non-hydrogen) atoms. The van der Waals surface area contributed by atoms with E-state index in [1.54, 1.807) is 6.07 Å². The Morgan fingerprint density at radius 3 is 2.60 bits per heavy atom. The Morgan fingerprint density at radius 2 is 1.91 bits per heavy atom. The van der Waals surface area contributed by atoms with Crippen LogP contribution in [0.1, 0.15) is 55.2 Å². The average molecular weight is 471 g/mol. The van der Waals surface area contributed by atoms with Gasteiger partial charge in [0.15, 0.2) is 6.10 Å². The topological polar surface area (TPSA) is 34.6 Å². The molecule has 0 N–H and O–H groups in total. The summed E-state index contributed by atoms with van der Waals surface area (Å²) in [6.07, 6.45) is 5.25. The summed E-state index contributed by atoms with van der Waals surface area (Å²) in [7, 11) is 0. The van der Waals surface area contributed by atoms with E-state index in [-0.39, 0.29) is 11.9 Å². The van der Waals surface area contributed by atoms with E-state index in [0.717, 1.165) is 52.4 Å². The third kappa shape index (κ3) is 4.87. The maximum atomic E-state index is 13.6. The number of benzene rings is 2. The van der Waals surface area contributed by atoms with Gasteiger partial charge in [-0.25, -0.2) is 4.39 Å². The molecule has 5 rings (SSSR count). The zero-order valence-corrected chi connectivity index (χ0v) is 20.3. The van der Waals surface area contributed by atoms with E-state index in [0.29, 0.717) is 18.3 Å². The molecule has 2 atom stereocenters. The average Bonchev–Trinajstić information content (AvgIpc) is 3.43. The van der Waals surface area contributed by atoms with Crippen molar-refractivity contribution in [1.29, 1.82) is 0 Å². The lowest BCUT2D eigenvalue weighted by atomic mass is 9.87. The Hall–Kier alpha value is -3.44. The minimum absolute atomic E-state index is 0.362. The number of hydrogen-bond acceptors (Lipinski definition) is 4. The van der Waals surface area contributed by atoms with Crippen molar-refractivity contribution in [1.82, 2.24) is 9.88 Å². The highest BCUT2D eigenvalue weighted by Crippen LogP contribution is 2.46. The Kier molecular flexibility index (Phi) is 6.69. The number of pyridine rings is 1.